The van der Waals surface area contributed by atoms with Crippen LogP contribution in [-0.4, -0.2) is 13.2 Å². The Morgan fingerprint density at radius 3 is 2.79 bits per heavy atom. The maximum atomic E-state index is 8.93. The van der Waals surface area contributed by atoms with Gasteiger partial charge in [0.25, 0.3) is 0 Å². The van der Waals surface area contributed by atoms with E-state index in [2.05, 4.69) is 25.2 Å². The van der Waals surface area contributed by atoms with E-state index in [1.807, 2.05) is 12.1 Å². The lowest BCUT2D eigenvalue weighted by atomic mass is 9.73. The third-order valence-electron chi connectivity index (χ3n) is 4.17. The molecule has 1 aromatic rings. The van der Waals surface area contributed by atoms with E-state index in [0.717, 1.165) is 11.4 Å². The highest BCUT2D eigenvalue weighted by Gasteiger charge is 2.32. The molecule has 102 valence electrons. The minimum Gasteiger partial charge on any atom is -0.495 e. The van der Waals surface area contributed by atoms with E-state index in [-0.39, 0.29) is 0 Å². The van der Waals surface area contributed by atoms with Gasteiger partial charge in [0.15, 0.2) is 0 Å². The Morgan fingerprint density at radius 1 is 1.37 bits per heavy atom. The van der Waals surface area contributed by atoms with Gasteiger partial charge < -0.3 is 10.1 Å². The molecule has 0 saturated heterocycles. The van der Waals surface area contributed by atoms with Gasteiger partial charge in [-0.25, -0.2) is 0 Å². The summed E-state index contributed by atoms with van der Waals surface area (Å²) in [6.45, 7) is 4.64. The average Bonchev–Trinajstić information content (AvgIpc) is 2.41. The summed E-state index contributed by atoms with van der Waals surface area (Å²) in [7, 11) is 1.65. The number of ether oxygens (including phenoxy) is 1. The van der Waals surface area contributed by atoms with Gasteiger partial charge in [0.05, 0.1) is 24.4 Å². The topological polar surface area (TPSA) is 45.0 Å². The number of hydrogen-bond donors (Lipinski definition) is 1. The molecular formula is C16H22N2O. The minimum absolute atomic E-state index is 0.303. The third kappa shape index (κ3) is 3.01. The number of methoxy groups -OCH3 is 1. The van der Waals surface area contributed by atoms with Gasteiger partial charge in [-0.05, 0) is 30.4 Å². The summed E-state index contributed by atoms with van der Waals surface area (Å²) in [6.07, 6.45) is 5.04. The summed E-state index contributed by atoms with van der Waals surface area (Å²) in [5.74, 6) is 0.750. The monoisotopic (exact) mass is 258 g/mol. The Bertz CT molecular complexity index is 488. The van der Waals surface area contributed by atoms with Gasteiger partial charge in [0.1, 0.15) is 5.75 Å². The van der Waals surface area contributed by atoms with Crippen molar-refractivity contribution in [3.8, 4) is 11.8 Å². The van der Waals surface area contributed by atoms with Crippen LogP contribution in [0.2, 0.25) is 0 Å². The quantitative estimate of drug-likeness (QED) is 0.893. The van der Waals surface area contributed by atoms with Gasteiger partial charge >= 0.3 is 0 Å². The predicted molar refractivity (Wildman–Crippen MR) is 77.4 cm³/mol. The van der Waals surface area contributed by atoms with E-state index in [1.54, 1.807) is 13.2 Å². The summed E-state index contributed by atoms with van der Waals surface area (Å²) < 4.78 is 5.38. The Labute approximate surface area is 115 Å². The molecule has 1 atom stereocenters. The zero-order chi connectivity index (χ0) is 13.9. The molecule has 0 radical (unpaired) electrons. The maximum Gasteiger partial charge on any atom is 0.143 e. The second-order valence-electron chi connectivity index (χ2n) is 5.96. The van der Waals surface area contributed by atoms with E-state index < -0.39 is 0 Å². The number of rotatable bonds is 3. The van der Waals surface area contributed by atoms with Gasteiger partial charge in [-0.2, -0.15) is 5.26 Å². The highest BCUT2D eigenvalue weighted by atomic mass is 16.5. The summed E-state index contributed by atoms with van der Waals surface area (Å²) in [4.78, 5) is 0. The lowest BCUT2D eigenvalue weighted by molar-refractivity contribution is 0.216. The standard InChI is InChI=1S/C16H22N2O/c1-16(2)9-5-4-6-15(16)18-13-8-7-12(11-17)10-14(13)19-3/h7-8,10,15,18H,4-6,9H2,1-3H3. The van der Waals surface area contributed by atoms with Crippen LogP contribution in [0.25, 0.3) is 0 Å². The fourth-order valence-corrected chi connectivity index (χ4v) is 2.83. The fraction of sp³-hybridized carbons (Fsp3) is 0.562. The number of anilines is 1. The Hall–Kier alpha value is -1.69. The molecule has 0 aromatic heterocycles. The van der Waals surface area contributed by atoms with Crippen LogP contribution in [0.4, 0.5) is 5.69 Å². The second-order valence-corrected chi connectivity index (χ2v) is 5.96. The molecule has 0 bridgehead atoms. The molecule has 1 aromatic carbocycles. The number of nitrogens with zero attached hydrogens (tertiary/aromatic N) is 1. The first-order valence-corrected chi connectivity index (χ1v) is 6.91. The van der Waals surface area contributed by atoms with Crippen LogP contribution < -0.4 is 10.1 Å². The van der Waals surface area contributed by atoms with Crippen molar-refractivity contribution in [2.75, 3.05) is 12.4 Å². The summed E-state index contributed by atoms with van der Waals surface area (Å²) in [5.41, 5.74) is 1.92. The van der Waals surface area contributed by atoms with Crippen molar-refractivity contribution in [2.45, 2.75) is 45.6 Å². The SMILES string of the molecule is COc1cc(C#N)ccc1NC1CCCCC1(C)C. The zero-order valence-electron chi connectivity index (χ0n) is 12.0. The third-order valence-corrected chi connectivity index (χ3v) is 4.17. The molecule has 0 spiro atoms. The summed E-state index contributed by atoms with van der Waals surface area (Å²) in [5, 5.41) is 12.5. The van der Waals surface area contributed by atoms with Crippen molar-refractivity contribution >= 4 is 5.69 Å². The van der Waals surface area contributed by atoms with Crippen molar-refractivity contribution in [1.29, 1.82) is 5.26 Å². The Kier molecular flexibility index (Phi) is 3.99. The van der Waals surface area contributed by atoms with Crippen LogP contribution in [0.15, 0.2) is 18.2 Å². The van der Waals surface area contributed by atoms with E-state index in [0.29, 0.717) is 17.0 Å². The highest BCUT2D eigenvalue weighted by Crippen LogP contribution is 2.38. The summed E-state index contributed by atoms with van der Waals surface area (Å²) in [6, 6.07) is 8.17. The molecule has 0 amide bonds. The average molecular weight is 258 g/mol. The molecule has 19 heavy (non-hydrogen) atoms. The van der Waals surface area contributed by atoms with Gasteiger partial charge in [-0.15, -0.1) is 0 Å². The van der Waals surface area contributed by atoms with Crippen LogP contribution in [0.3, 0.4) is 0 Å². The molecule has 1 aliphatic rings. The second kappa shape index (κ2) is 5.52. The molecule has 2 rings (SSSR count). The Balaban J connectivity index is 2.21. The fourth-order valence-electron chi connectivity index (χ4n) is 2.83. The van der Waals surface area contributed by atoms with Crippen molar-refractivity contribution in [3.05, 3.63) is 23.8 Å². The van der Waals surface area contributed by atoms with E-state index >= 15 is 0 Å². The van der Waals surface area contributed by atoms with E-state index in [1.165, 1.54) is 25.7 Å². The molecule has 0 aliphatic heterocycles. The Morgan fingerprint density at radius 2 is 2.16 bits per heavy atom. The molecule has 1 fully saturated rings. The maximum absolute atomic E-state index is 8.93. The molecule has 1 unspecified atom stereocenters. The first-order chi connectivity index (χ1) is 9.06. The number of hydrogen-bond acceptors (Lipinski definition) is 3. The number of nitriles is 1. The first kappa shape index (κ1) is 13.7. The molecule has 0 heterocycles. The van der Waals surface area contributed by atoms with Crippen molar-refractivity contribution < 1.29 is 4.74 Å². The molecule has 1 aliphatic carbocycles. The molecule has 1 saturated carbocycles. The first-order valence-electron chi connectivity index (χ1n) is 6.91. The molecule has 1 N–H and O–H groups in total. The van der Waals surface area contributed by atoms with Crippen LogP contribution in [0.5, 0.6) is 5.75 Å². The summed E-state index contributed by atoms with van der Waals surface area (Å²) >= 11 is 0. The van der Waals surface area contributed by atoms with Gasteiger partial charge in [-0.3, -0.25) is 0 Å². The van der Waals surface area contributed by atoms with Gasteiger partial charge in [0.2, 0.25) is 0 Å². The zero-order valence-corrected chi connectivity index (χ0v) is 12.0. The number of nitrogens with one attached hydrogen (secondary N) is 1. The van der Waals surface area contributed by atoms with Crippen LogP contribution in [-0.2, 0) is 0 Å². The van der Waals surface area contributed by atoms with Crippen molar-refractivity contribution in [1.82, 2.24) is 0 Å². The van der Waals surface area contributed by atoms with Gasteiger partial charge in [0, 0.05) is 12.1 Å². The molecular weight excluding hydrogens is 236 g/mol. The van der Waals surface area contributed by atoms with Crippen LogP contribution >= 0.6 is 0 Å². The lowest BCUT2D eigenvalue weighted by Gasteiger charge is -2.39. The van der Waals surface area contributed by atoms with E-state index in [4.69, 9.17) is 10.00 Å². The largest absolute Gasteiger partial charge is 0.495 e. The van der Waals surface area contributed by atoms with Crippen molar-refractivity contribution in [3.63, 3.8) is 0 Å². The van der Waals surface area contributed by atoms with E-state index in [9.17, 15) is 0 Å². The molecule has 3 nitrogen and oxygen atoms in total. The van der Waals surface area contributed by atoms with Crippen LogP contribution in [0, 0.1) is 16.7 Å². The van der Waals surface area contributed by atoms with Gasteiger partial charge in [-0.1, -0.05) is 26.7 Å². The predicted octanol–water partition coefficient (Wildman–Crippen LogP) is 3.95. The minimum atomic E-state index is 0.303. The smallest absolute Gasteiger partial charge is 0.143 e. The number of benzene rings is 1. The van der Waals surface area contributed by atoms with Crippen molar-refractivity contribution in [2.24, 2.45) is 5.41 Å². The van der Waals surface area contributed by atoms with Crippen LogP contribution in [0.1, 0.15) is 45.1 Å². The lowest BCUT2D eigenvalue weighted by Crippen LogP contribution is -2.38. The highest BCUT2D eigenvalue weighted by molar-refractivity contribution is 5.60. The normalized spacial score (nSPS) is 21.5. The molecule has 3 heteroatoms.